The molecule has 0 amide bonds. The van der Waals surface area contributed by atoms with Crippen LogP contribution in [-0.4, -0.2) is 16.2 Å². The van der Waals surface area contributed by atoms with Crippen molar-refractivity contribution in [3.05, 3.63) is 46.5 Å². The van der Waals surface area contributed by atoms with Gasteiger partial charge >= 0.3 is 0 Å². The van der Waals surface area contributed by atoms with E-state index in [1.165, 1.54) is 22.7 Å². The first-order chi connectivity index (χ1) is 9.38. The number of nitrogens with one attached hydrogen (secondary N) is 1. The molecule has 2 unspecified atom stereocenters. The first-order valence-electron chi connectivity index (χ1n) is 6.31. The third-order valence-electron chi connectivity index (χ3n) is 3.48. The van der Waals surface area contributed by atoms with Crippen LogP contribution in [0, 0.1) is 0 Å². The molecule has 100 valence electrons. The minimum absolute atomic E-state index is 0.0325. The minimum Gasteiger partial charge on any atom is -0.373 e. The highest BCUT2D eigenvalue weighted by molar-refractivity contribution is 7.03. The molecule has 3 N–H and O–H groups in total. The molecule has 1 aliphatic heterocycles. The van der Waals surface area contributed by atoms with Crippen molar-refractivity contribution in [3.8, 4) is 0 Å². The first kappa shape index (κ1) is 12.7. The van der Waals surface area contributed by atoms with Crippen molar-refractivity contribution in [1.29, 1.82) is 0 Å². The summed E-state index contributed by atoms with van der Waals surface area (Å²) in [7, 11) is 0. The summed E-state index contributed by atoms with van der Waals surface area (Å²) in [6.07, 6.45) is 1.80. The highest BCUT2D eigenvalue weighted by Gasteiger charge is 2.25. The Hall–Kier alpha value is -1.34. The summed E-state index contributed by atoms with van der Waals surface area (Å²) in [5.74, 6) is 5.63. The van der Waals surface area contributed by atoms with Crippen LogP contribution in [0.1, 0.15) is 35.4 Å². The highest BCUT2D eigenvalue weighted by atomic mass is 32.1. The van der Waals surface area contributed by atoms with E-state index in [1.807, 2.05) is 5.38 Å². The SMILES string of the molecule is NNC(CC1OCCc2ccccc21)c1csnn1. The fourth-order valence-corrected chi connectivity index (χ4v) is 2.99. The maximum Gasteiger partial charge on any atom is 0.0939 e. The second-order valence-electron chi connectivity index (χ2n) is 4.59. The van der Waals surface area contributed by atoms with Gasteiger partial charge in [-0.1, -0.05) is 28.8 Å². The smallest absolute Gasteiger partial charge is 0.0939 e. The van der Waals surface area contributed by atoms with E-state index in [2.05, 4.69) is 39.3 Å². The van der Waals surface area contributed by atoms with Gasteiger partial charge in [-0.25, -0.2) is 0 Å². The zero-order valence-corrected chi connectivity index (χ0v) is 11.3. The van der Waals surface area contributed by atoms with Crippen molar-refractivity contribution in [2.24, 2.45) is 5.84 Å². The number of fused-ring (bicyclic) bond motifs is 1. The third kappa shape index (κ3) is 2.66. The lowest BCUT2D eigenvalue weighted by Crippen LogP contribution is -2.31. The van der Waals surface area contributed by atoms with Gasteiger partial charge in [0.15, 0.2) is 0 Å². The number of nitrogens with two attached hydrogens (primary N) is 1. The van der Waals surface area contributed by atoms with Crippen LogP contribution in [0.15, 0.2) is 29.6 Å². The van der Waals surface area contributed by atoms with E-state index in [1.54, 1.807) is 0 Å². The predicted octanol–water partition coefficient (Wildman–Crippen LogP) is 1.75. The Morgan fingerprint density at radius 3 is 3.16 bits per heavy atom. The average molecular weight is 276 g/mol. The van der Waals surface area contributed by atoms with Crippen LogP contribution in [0.2, 0.25) is 0 Å². The molecule has 1 aromatic heterocycles. The molecule has 0 spiro atoms. The Kier molecular flexibility index (Phi) is 3.84. The molecule has 19 heavy (non-hydrogen) atoms. The van der Waals surface area contributed by atoms with Gasteiger partial charge in [-0.05, 0) is 29.1 Å². The zero-order valence-electron chi connectivity index (χ0n) is 10.5. The molecular weight excluding hydrogens is 260 g/mol. The van der Waals surface area contributed by atoms with Gasteiger partial charge in [0.25, 0.3) is 0 Å². The molecule has 0 saturated carbocycles. The molecule has 2 aromatic rings. The molecule has 5 nitrogen and oxygen atoms in total. The molecule has 1 aromatic carbocycles. The number of aromatic nitrogens is 2. The van der Waals surface area contributed by atoms with Crippen molar-refractivity contribution in [2.45, 2.75) is 25.0 Å². The third-order valence-corrected chi connectivity index (χ3v) is 4.00. The molecule has 2 heterocycles. The lowest BCUT2D eigenvalue weighted by molar-refractivity contribution is 0.0290. The van der Waals surface area contributed by atoms with Crippen LogP contribution >= 0.6 is 11.5 Å². The summed E-state index contributed by atoms with van der Waals surface area (Å²) in [6.45, 7) is 0.758. The van der Waals surface area contributed by atoms with E-state index in [4.69, 9.17) is 10.6 Å². The molecule has 2 atom stereocenters. The molecule has 0 saturated heterocycles. The number of ether oxygens (including phenoxy) is 1. The van der Waals surface area contributed by atoms with E-state index in [0.717, 1.165) is 25.1 Å². The normalized spacial score (nSPS) is 19.9. The summed E-state index contributed by atoms with van der Waals surface area (Å²) in [5.41, 5.74) is 6.31. The Morgan fingerprint density at radius 1 is 1.47 bits per heavy atom. The van der Waals surface area contributed by atoms with Gasteiger partial charge in [0, 0.05) is 11.8 Å². The first-order valence-corrected chi connectivity index (χ1v) is 7.14. The highest BCUT2D eigenvalue weighted by Crippen LogP contribution is 2.33. The van der Waals surface area contributed by atoms with Crippen LogP contribution < -0.4 is 11.3 Å². The summed E-state index contributed by atoms with van der Waals surface area (Å²) in [4.78, 5) is 0. The second-order valence-corrected chi connectivity index (χ2v) is 5.20. The topological polar surface area (TPSA) is 73.1 Å². The predicted molar refractivity (Wildman–Crippen MR) is 73.4 cm³/mol. The van der Waals surface area contributed by atoms with Crippen molar-refractivity contribution in [2.75, 3.05) is 6.61 Å². The van der Waals surface area contributed by atoms with Crippen LogP contribution in [0.5, 0.6) is 0 Å². The number of rotatable bonds is 4. The van der Waals surface area contributed by atoms with Gasteiger partial charge < -0.3 is 4.74 Å². The molecule has 1 aliphatic rings. The van der Waals surface area contributed by atoms with Crippen molar-refractivity contribution < 1.29 is 4.74 Å². The number of hydrogen-bond donors (Lipinski definition) is 2. The van der Waals surface area contributed by atoms with E-state index in [-0.39, 0.29) is 12.1 Å². The van der Waals surface area contributed by atoms with Gasteiger partial charge in [-0.15, -0.1) is 5.10 Å². The average Bonchev–Trinajstić information content (AvgIpc) is 2.99. The molecule has 0 bridgehead atoms. The zero-order chi connectivity index (χ0) is 13.1. The summed E-state index contributed by atoms with van der Waals surface area (Å²) in [5, 5.41) is 6.00. The largest absolute Gasteiger partial charge is 0.373 e. The monoisotopic (exact) mass is 276 g/mol. The quantitative estimate of drug-likeness (QED) is 0.657. The second kappa shape index (κ2) is 5.75. The number of hydrazine groups is 1. The van der Waals surface area contributed by atoms with Gasteiger partial charge in [0.2, 0.25) is 0 Å². The van der Waals surface area contributed by atoms with E-state index in [0.29, 0.717) is 0 Å². The fraction of sp³-hybridized carbons (Fsp3) is 0.385. The van der Waals surface area contributed by atoms with E-state index < -0.39 is 0 Å². The Balaban J connectivity index is 1.80. The van der Waals surface area contributed by atoms with E-state index >= 15 is 0 Å². The Bertz CT molecular complexity index is 531. The fourth-order valence-electron chi connectivity index (χ4n) is 2.48. The van der Waals surface area contributed by atoms with Crippen LogP contribution in [0.3, 0.4) is 0 Å². The number of benzene rings is 1. The molecule has 3 rings (SSSR count). The molecule has 0 radical (unpaired) electrons. The van der Waals surface area contributed by atoms with Crippen molar-refractivity contribution >= 4 is 11.5 Å². The van der Waals surface area contributed by atoms with Crippen LogP contribution in [0.4, 0.5) is 0 Å². The molecule has 0 fully saturated rings. The lowest BCUT2D eigenvalue weighted by Gasteiger charge is -2.28. The van der Waals surface area contributed by atoms with Gasteiger partial charge in [-0.3, -0.25) is 11.3 Å². The maximum absolute atomic E-state index is 5.89. The number of nitrogens with zero attached hydrogens (tertiary/aromatic N) is 2. The van der Waals surface area contributed by atoms with Crippen LogP contribution in [0.25, 0.3) is 0 Å². The molecule has 0 aliphatic carbocycles. The minimum atomic E-state index is -0.0325. The van der Waals surface area contributed by atoms with Gasteiger partial charge in [-0.2, -0.15) is 0 Å². The number of hydrogen-bond acceptors (Lipinski definition) is 6. The summed E-state index contributed by atoms with van der Waals surface area (Å²) >= 11 is 1.33. The summed E-state index contributed by atoms with van der Waals surface area (Å²) < 4.78 is 9.78. The summed E-state index contributed by atoms with van der Waals surface area (Å²) in [6, 6.07) is 8.39. The van der Waals surface area contributed by atoms with Gasteiger partial charge in [0.05, 0.1) is 24.4 Å². The van der Waals surface area contributed by atoms with Crippen LogP contribution in [-0.2, 0) is 11.2 Å². The van der Waals surface area contributed by atoms with Crippen molar-refractivity contribution in [3.63, 3.8) is 0 Å². The standard InChI is InChI=1S/C13H16N4OS/c14-15-11(12-8-19-17-16-12)7-13-10-4-2-1-3-9(10)5-6-18-13/h1-4,8,11,13,15H,5-7,14H2. The molecular formula is C13H16N4OS. The molecule has 6 heteroatoms. The Morgan fingerprint density at radius 2 is 2.37 bits per heavy atom. The van der Waals surface area contributed by atoms with Gasteiger partial charge in [0.1, 0.15) is 0 Å². The lowest BCUT2D eigenvalue weighted by atomic mass is 9.93. The van der Waals surface area contributed by atoms with E-state index in [9.17, 15) is 0 Å². The maximum atomic E-state index is 5.89. The van der Waals surface area contributed by atoms with Crippen molar-refractivity contribution in [1.82, 2.24) is 15.0 Å². The Labute approximate surface area is 115 Å².